The first-order valence-corrected chi connectivity index (χ1v) is 47.3. The third kappa shape index (κ3) is 29.5. The van der Waals surface area contributed by atoms with Gasteiger partial charge in [-0.25, -0.2) is 9.97 Å². The molecule has 0 spiro atoms. The van der Waals surface area contributed by atoms with Crippen molar-refractivity contribution < 1.29 is 47.8 Å². The van der Waals surface area contributed by atoms with Crippen LogP contribution in [0.3, 0.4) is 0 Å². The number of ether oxygens (including phenoxy) is 8. The second-order valence-corrected chi connectivity index (χ2v) is 34.1. The molecule has 0 saturated heterocycles. The van der Waals surface area contributed by atoms with Crippen LogP contribution >= 0.6 is 0 Å². The van der Waals surface area contributed by atoms with Crippen LogP contribution in [0.1, 0.15) is 330 Å². The first-order chi connectivity index (χ1) is 57.9. The number of hydrogen-bond acceptors (Lipinski definition) is 16. The van der Waals surface area contributed by atoms with E-state index in [0.29, 0.717) is 192 Å². The van der Waals surface area contributed by atoms with Gasteiger partial charge in [0, 0.05) is 76.8 Å². The molecular formula is C101H152InN8O10-2. The normalized spacial score (nSPS) is 13.9. The van der Waals surface area contributed by atoms with Gasteiger partial charge in [-0.1, -0.05) is 265 Å². The monoisotopic (exact) mass is 1750 g/mol. The van der Waals surface area contributed by atoms with E-state index in [4.69, 9.17) is 82.9 Å². The third-order valence-corrected chi connectivity index (χ3v) is 24.5. The molecule has 18 nitrogen and oxygen atoms in total. The number of benzene rings is 4. The van der Waals surface area contributed by atoms with Crippen molar-refractivity contribution in [2.45, 2.75) is 330 Å². The number of aliphatic hydroxyl groups is 1. The van der Waals surface area contributed by atoms with Crippen molar-refractivity contribution in [3.63, 3.8) is 0 Å². The summed E-state index contributed by atoms with van der Waals surface area (Å²) in [7, 11) is 0. The summed E-state index contributed by atoms with van der Waals surface area (Å²) < 4.78 is 56.7. The van der Waals surface area contributed by atoms with E-state index in [-0.39, 0.29) is 37.4 Å². The summed E-state index contributed by atoms with van der Waals surface area (Å²) in [5.41, 5.74) is 4.58. The number of allylic oxidation sites excluding steroid dienone is 2. The van der Waals surface area contributed by atoms with Crippen molar-refractivity contribution in [3.8, 4) is 91.5 Å². The quantitative estimate of drug-likeness (QED) is 0.0277. The van der Waals surface area contributed by atoms with E-state index in [1.807, 2.05) is 0 Å². The Morgan fingerprint density at radius 3 is 0.592 bits per heavy atom. The molecule has 0 fully saturated rings. The Balaban J connectivity index is 0.00000237. The zero-order valence-corrected chi connectivity index (χ0v) is 80.7. The Labute approximate surface area is 740 Å². The Morgan fingerprint density at radius 2 is 0.458 bits per heavy atom. The van der Waals surface area contributed by atoms with Crippen LogP contribution in [-0.2, 0) is 4.79 Å². The maximum absolute atomic E-state index is 10.0. The van der Waals surface area contributed by atoms with Gasteiger partial charge in [0.25, 0.3) is 0 Å². The molecule has 0 saturated carbocycles. The predicted octanol–water partition coefficient (Wildman–Crippen LogP) is 27.5. The second-order valence-electron chi connectivity index (χ2n) is 34.1. The molecule has 3 radical (unpaired) electrons. The number of nitrogens with zero attached hydrogens (tertiary/aromatic N) is 8. The summed E-state index contributed by atoms with van der Waals surface area (Å²) in [5.74, 6) is 9.59. The van der Waals surface area contributed by atoms with Gasteiger partial charge in [0.1, 0.15) is 0 Å². The number of hydrogen-bond donors (Lipinski definition) is 1. The van der Waals surface area contributed by atoms with Crippen molar-refractivity contribution in [2.24, 2.45) is 47.3 Å². The Morgan fingerprint density at radius 1 is 0.292 bits per heavy atom. The van der Waals surface area contributed by atoms with Crippen LogP contribution in [0.25, 0.3) is 89.7 Å². The summed E-state index contributed by atoms with van der Waals surface area (Å²) in [6, 6.07) is 16.7. The molecule has 7 aromatic rings. The van der Waals surface area contributed by atoms with Gasteiger partial charge >= 0.3 is 0 Å². The molecule has 9 rings (SSSR count). The van der Waals surface area contributed by atoms with Crippen molar-refractivity contribution in [2.75, 3.05) is 52.9 Å². The Hall–Kier alpha value is -7.28. The average molecular weight is 1750 g/mol. The fourth-order valence-electron chi connectivity index (χ4n) is 15.7. The van der Waals surface area contributed by atoms with Crippen LogP contribution < -0.4 is 47.9 Å². The van der Waals surface area contributed by atoms with Crippen molar-refractivity contribution in [3.05, 3.63) is 60.4 Å². The zero-order valence-electron chi connectivity index (χ0n) is 77.4. The van der Waals surface area contributed by atoms with Gasteiger partial charge in [-0.2, -0.15) is 0 Å². The number of carbonyl (C=O) groups excluding carboxylic acids is 1. The summed E-state index contributed by atoms with van der Waals surface area (Å²) in [6.45, 7) is 43.3. The number of ketones is 1. The summed E-state index contributed by atoms with van der Waals surface area (Å²) >= 11 is 0. The zero-order chi connectivity index (χ0) is 85.6. The van der Waals surface area contributed by atoms with Gasteiger partial charge in [0.2, 0.25) is 0 Å². The van der Waals surface area contributed by atoms with Crippen LogP contribution in [0.2, 0.25) is 0 Å². The minimum atomic E-state index is -0.125. The number of rotatable bonds is 57. The number of carbonyl (C=O) groups is 1. The summed E-state index contributed by atoms with van der Waals surface area (Å²) in [6.07, 6.45) is 35.7. The standard InChI is InChI=1S/C96H144N8O8.C5H8O2.In/c1-17-33-41-65(25-9)57-105-81-49-73-74(50-82(81)106-58-66(26-10)42-34-18-2)90-97-89(73)101-91-75-51-83(107-59-67(27-11)43-35-19-3)84(108-60-68(28-12)44-36-20-4)52-76(75)93(98-91)103-95-79-55-87(111-63-71(31-15)47-39-23-7)88(112-64-72(32-16)48-40-24-8)56-80(79)96(100-95)104-94-78-54-86(110-62-70(30-14)46-38-22-6)85(53-77(78)92(99-94)102-90)109-61-69(29-13)45-37-21-5;1-4(6)3-5(2)7;/h49-56,65-72H,17-48,57-64H2,1-16H3;3,6H,1-2H3;/q-2;;/b;4-3+;. The molecule has 3 aromatic heterocycles. The van der Waals surface area contributed by atoms with Gasteiger partial charge in [-0.15, -0.1) is 0 Å². The number of aromatic nitrogens is 8. The van der Waals surface area contributed by atoms with Gasteiger partial charge in [-0.3, -0.25) is 4.79 Å². The fraction of sp³-hybridized carbons (Fsp3) is 0.653. The van der Waals surface area contributed by atoms with E-state index in [1.165, 1.54) is 19.9 Å². The van der Waals surface area contributed by atoms with E-state index >= 15 is 0 Å². The van der Waals surface area contributed by atoms with Crippen LogP contribution in [-0.4, -0.2) is 119 Å². The first-order valence-electron chi connectivity index (χ1n) is 47.3. The Kier molecular flexibility index (Phi) is 44.7. The van der Waals surface area contributed by atoms with E-state index in [1.54, 1.807) is 0 Å². The molecule has 2 aliphatic heterocycles. The minimum Gasteiger partial charge on any atom is -0.512 e. The topological polar surface area (TPSA) is 217 Å². The molecule has 19 heteroatoms. The fourth-order valence-corrected chi connectivity index (χ4v) is 15.7. The van der Waals surface area contributed by atoms with Gasteiger partial charge < -0.3 is 72.9 Å². The molecule has 2 aliphatic rings. The van der Waals surface area contributed by atoms with E-state index in [0.717, 1.165) is 249 Å². The number of fused-ring (bicyclic) bond motifs is 20. The summed E-state index contributed by atoms with van der Waals surface area (Å²) in [4.78, 5) is 55.0. The SMILES string of the molecule is CC(=O)/C=C(\C)O.CCCCC(CC)COc1cc2c(cc1OCC(CC)CCCC)-c1nc-2nc2[n-]c(nc3nc(nc4[n-]c(n1)c1cc(OCC(CC)CCCC)c(OCC(CC)CCCC)cc41)-c1cc(OCC(CC)CCCC)c(OCC(CC)CCCC)cc1-3)c1cc(OCC(CC)CCCC)c(OCC(CC)CCCC)cc21.[In]. The van der Waals surface area contributed by atoms with Crippen LogP contribution in [0.15, 0.2) is 60.4 Å². The molecule has 0 aliphatic carbocycles. The molecule has 1 N–H and O–H groups in total. The predicted molar refractivity (Wildman–Crippen MR) is 497 cm³/mol. The minimum absolute atomic E-state index is 0. The van der Waals surface area contributed by atoms with Crippen LogP contribution in [0, 0.1) is 47.3 Å². The summed E-state index contributed by atoms with van der Waals surface area (Å²) in [5, 5.41) is 11.3. The average Bonchev–Trinajstić information content (AvgIpc) is 1.59. The molecule has 8 unspecified atom stereocenters. The van der Waals surface area contributed by atoms with E-state index in [9.17, 15) is 4.79 Å². The van der Waals surface area contributed by atoms with Gasteiger partial charge in [0.15, 0.2) is 51.8 Å². The first kappa shape index (κ1) is 99.8. The molecule has 5 heterocycles. The molecule has 8 atom stereocenters. The van der Waals surface area contributed by atoms with Crippen LogP contribution in [0.5, 0.6) is 46.0 Å². The molecular weight excluding hydrogens is 1600 g/mol. The van der Waals surface area contributed by atoms with Crippen molar-refractivity contribution in [1.82, 2.24) is 39.9 Å². The molecule has 661 valence electrons. The third-order valence-electron chi connectivity index (χ3n) is 24.5. The number of aliphatic hydroxyl groups excluding tert-OH is 1. The van der Waals surface area contributed by atoms with Crippen molar-refractivity contribution >= 4 is 75.8 Å². The Bertz CT molecular complexity index is 3910. The van der Waals surface area contributed by atoms with E-state index < -0.39 is 0 Å². The molecule has 8 bridgehead atoms. The maximum Gasteiger partial charge on any atom is 0.161 e. The van der Waals surface area contributed by atoms with Crippen LogP contribution in [0.4, 0.5) is 0 Å². The number of unbranched alkanes of at least 4 members (excludes halogenated alkanes) is 8. The molecule has 120 heavy (non-hydrogen) atoms. The molecule has 4 aromatic carbocycles. The van der Waals surface area contributed by atoms with Crippen molar-refractivity contribution in [1.29, 1.82) is 0 Å². The van der Waals surface area contributed by atoms with Gasteiger partial charge in [0.05, 0.1) is 81.9 Å². The van der Waals surface area contributed by atoms with E-state index in [2.05, 4.69) is 159 Å². The smallest absolute Gasteiger partial charge is 0.161 e. The second kappa shape index (κ2) is 53.7. The molecule has 0 amide bonds. The van der Waals surface area contributed by atoms with Gasteiger partial charge in [-0.05, 0) is 183 Å². The maximum atomic E-state index is 10.0. The largest absolute Gasteiger partial charge is 0.512 e.